The standard InChI is InChI=1S/C20H20F3N4O7PS2/c21-14-7-12(2-1-11(14)9-26)34-35(28,29)10-27-37(30,31)15-8-13-16(22)18(32-5-3-24)19(33-6-4-25)17(23)20(13)36-15/h1-2,7-8,27H,3-6,10,24-25H2,(H,28,29)/p+1. The van der Waals surface area contributed by atoms with Gasteiger partial charge in [-0.25, -0.2) is 26.3 Å². The number of sulfonamides is 1. The molecule has 37 heavy (non-hydrogen) atoms. The van der Waals surface area contributed by atoms with Crippen molar-refractivity contribution in [3.63, 3.8) is 0 Å². The topological polar surface area (TPSA) is 193 Å². The largest absolute Gasteiger partial charge is 0.768 e. The molecular weight excluding hydrogens is 560 g/mol. The number of hydrogen-bond donors (Lipinski definition) is 3. The van der Waals surface area contributed by atoms with Crippen LogP contribution in [0, 0.1) is 28.8 Å². The minimum atomic E-state index is -4.95. The third-order valence-corrected chi connectivity index (χ3v) is 8.80. The van der Waals surface area contributed by atoms with E-state index < -0.39 is 72.9 Å². The van der Waals surface area contributed by atoms with E-state index in [1.54, 1.807) is 10.8 Å². The van der Waals surface area contributed by atoms with Crippen molar-refractivity contribution in [1.82, 2.24) is 4.72 Å². The molecule has 0 bridgehead atoms. The maximum absolute atomic E-state index is 15.2. The molecule has 1 atom stereocenters. The minimum absolute atomic E-state index is 0.0669. The Morgan fingerprint density at radius 2 is 1.70 bits per heavy atom. The second kappa shape index (κ2) is 11.7. The maximum atomic E-state index is 15.2. The van der Waals surface area contributed by atoms with Crippen molar-refractivity contribution in [2.75, 3.05) is 32.6 Å². The van der Waals surface area contributed by atoms with Crippen LogP contribution in [0.25, 0.3) is 10.1 Å². The van der Waals surface area contributed by atoms with E-state index in [-0.39, 0.29) is 31.9 Å². The van der Waals surface area contributed by atoms with Gasteiger partial charge in [-0.05, 0) is 18.2 Å². The van der Waals surface area contributed by atoms with Crippen LogP contribution in [-0.4, -0.2) is 41.0 Å². The number of nitrogens with one attached hydrogen (secondary N) is 1. The molecule has 0 fully saturated rings. The van der Waals surface area contributed by atoms with Gasteiger partial charge in [0.1, 0.15) is 48.1 Å². The summed E-state index contributed by atoms with van der Waals surface area (Å²) >= 11 is 0.344. The first-order chi connectivity index (χ1) is 17.4. The SMILES string of the molecule is N#Cc1ccc(OP(=O)([O-])CNS(=O)(=O)c2cc3c(F)c(OCC[NH3+])c(OCC[NH3+])c(F)c3s2)cc1F. The van der Waals surface area contributed by atoms with Gasteiger partial charge in [0.15, 0.2) is 19.2 Å². The Morgan fingerprint density at radius 1 is 1.08 bits per heavy atom. The van der Waals surface area contributed by atoms with Crippen LogP contribution < -0.4 is 35.1 Å². The number of fused-ring (bicyclic) bond motifs is 1. The van der Waals surface area contributed by atoms with Crippen LogP contribution in [0.4, 0.5) is 13.2 Å². The van der Waals surface area contributed by atoms with Gasteiger partial charge in [-0.1, -0.05) is 0 Å². The monoisotopic (exact) mass is 581 g/mol. The van der Waals surface area contributed by atoms with Crippen molar-refractivity contribution in [3.05, 3.63) is 47.3 Å². The molecule has 2 aromatic carbocycles. The van der Waals surface area contributed by atoms with E-state index in [0.717, 1.165) is 18.2 Å². The zero-order valence-electron chi connectivity index (χ0n) is 19.0. The molecular formula is C20H21F3N4O7PS2+. The zero-order chi connectivity index (χ0) is 27.4. The smallest absolute Gasteiger partial charge is 0.250 e. The highest BCUT2D eigenvalue weighted by atomic mass is 32.2. The van der Waals surface area contributed by atoms with E-state index in [9.17, 15) is 22.3 Å². The van der Waals surface area contributed by atoms with E-state index in [1.165, 1.54) is 0 Å². The van der Waals surface area contributed by atoms with Crippen molar-refractivity contribution < 1.29 is 56.5 Å². The number of halogens is 3. The molecule has 7 N–H and O–H groups in total. The fourth-order valence-corrected chi connectivity index (χ4v) is 6.84. The number of thiophene rings is 1. The van der Waals surface area contributed by atoms with E-state index in [4.69, 9.17) is 14.7 Å². The van der Waals surface area contributed by atoms with Crippen LogP contribution in [0.1, 0.15) is 5.56 Å². The molecule has 17 heteroatoms. The fraction of sp³-hybridized carbons (Fsp3) is 0.250. The highest BCUT2D eigenvalue weighted by Crippen LogP contribution is 2.44. The number of nitriles is 1. The van der Waals surface area contributed by atoms with Crippen molar-refractivity contribution in [2.45, 2.75) is 4.21 Å². The van der Waals surface area contributed by atoms with Gasteiger partial charge in [0, 0.05) is 11.5 Å². The van der Waals surface area contributed by atoms with Crippen molar-refractivity contribution in [1.29, 1.82) is 5.26 Å². The first-order valence-electron chi connectivity index (χ1n) is 10.4. The van der Waals surface area contributed by atoms with E-state index in [0.29, 0.717) is 17.4 Å². The summed E-state index contributed by atoms with van der Waals surface area (Å²) in [6, 6.07) is 5.03. The molecule has 0 aliphatic rings. The van der Waals surface area contributed by atoms with Gasteiger partial charge in [-0.15, -0.1) is 11.3 Å². The number of benzene rings is 2. The molecule has 11 nitrogen and oxygen atoms in total. The molecule has 0 amide bonds. The maximum Gasteiger partial charge on any atom is 0.250 e. The zero-order valence-corrected chi connectivity index (χ0v) is 21.5. The third kappa shape index (κ3) is 6.51. The number of rotatable bonds is 12. The lowest BCUT2D eigenvalue weighted by Gasteiger charge is -2.24. The lowest BCUT2D eigenvalue weighted by Crippen LogP contribution is -2.53. The van der Waals surface area contributed by atoms with E-state index >= 15 is 8.78 Å². The Balaban J connectivity index is 1.89. The Kier molecular flexibility index (Phi) is 9.03. The fourth-order valence-electron chi connectivity index (χ4n) is 2.93. The third-order valence-electron chi connectivity index (χ3n) is 4.55. The normalized spacial score (nSPS) is 13.2. The van der Waals surface area contributed by atoms with Gasteiger partial charge >= 0.3 is 0 Å². The first-order valence-corrected chi connectivity index (χ1v) is 14.4. The second-order valence-corrected chi connectivity index (χ2v) is 12.0. The lowest BCUT2D eigenvalue weighted by molar-refractivity contribution is -0.372. The Labute approximate surface area is 212 Å². The minimum Gasteiger partial charge on any atom is -0.768 e. The van der Waals surface area contributed by atoms with Crippen molar-refractivity contribution >= 4 is 39.0 Å². The summed E-state index contributed by atoms with van der Waals surface area (Å²) in [7, 11) is -9.55. The number of quaternary nitrogens is 2. The molecule has 0 aliphatic heterocycles. The molecule has 3 rings (SSSR count). The first kappa shape index (κ1) is 28.7. The molecule has 1 heterocycles. The summed E-state index contributed by atoms with van der Waals surface area (Å²) in [6.07, 6.45) is -1.26. The molecule has 0 radical (unpaired) electrons. The summed E-state index contributed by atoms with van der Waals surface area (Å²) in [4.78, 5) is 12.2. The number of hydrogen-bond acceptors (Lipinski definition) is 9. The summed E-state index contributed by atoms with van der Waals surface area (Å²) in [5, 5.41) is 8.31. The quantitative estimate of drug-likeness (QED) is 0.254. The summed E-state index contributed by atoms with van der Waals surface area (Å²) in [5.74, 6) is -4.74. The molecule has 0 aliphatic carbocycles. The van der Waals surface area contributed by atoms with Crippen molar-refractivity contribution in [2.24, 2.45) is 0 Å². The second-order valence-electron chi connectivity index (χ2n) is 7.26. The molecule has 1 aromatic heterocycles. The molecule has 1 unspecified atom stereocenters. The predicted molar refractivity (Wildman–Crippen MR) is 123 cm³/mol. The highest BCUT2D eigenvalue weighted by molar-refractivity contribution is 7.92. The van der Waals surface area contributed by atoms with E-state index in [2.05, 4.69) is 16.0 Å². The van der Waals surface area contributed by atoms with Crippen LogP contribution in [0.2, 0.25) is 0 Å². The molecule has 0 spiro atoms. The molecule has 0 saturated heterocycles. The van der Waals surface area contributed by atoms with Gasteiger partial charge in [-0.2, -0.15) is 5.26 Å². The average molecular weight is 582 g/mol. The number of nitrogens with zero attached hydrogens (tertiary/aromatic N) is 1. The van der Waals surface area contributed by atoms with Crippen LogP contribution in [0.3, 0.4) is 0 Å². The van der Waals surface area contributed by atoms with Gasteiger partial charge in [-0.3, -0.25) is 4.57 Å². The molecule has 200 valence electrons. The van der Waals surface area contributed by atoms with Crippen LogP contribution in [0.5, 0.6) is 17.2 Å². The Morgan fingerprint density at radius 3 is 2.27 bits per heavy atom. The Bertz CT molecular complexity index is 1460. The molecule has 0 saturated carbocycles. The van der Waals surface area contributed by atoms with Crippen LogP contribution >= 0.6 is 18.9 Å². The van der Waals surface area contributed by atoms with Crippen LogP contribution in [-0.2, 0) is 14.6 Å². The summed E-state index contributed by atoms with van der Waals surface area (Å²) in [6.45, 7) is 0.325. The summed E-state index contributed by atoms with van der Waals surface area (Å²) in [5.41, 5.74) is 6.76. The van der Waals surface area contributed by atoms with E-state index in [1.807, 2.05) is 0 Å². The number of ether oxygens (including phenoxy) is 2. The van der Waals surface area contributed by atoms with Gasteiger partial charge in [0.2, 0.25) is 11.5 Å². The average Bonchev–Trinajstić information content (AvgIpc) is 3.31. The van der Waals surface area contributed by atoms with Gasteiger partial charge in [0.25, 0.3) is 10.0 Å². The Hall–Kier alpha value is -2.90. The van der Waals surface area contributed by atoms with Gasteiger partial charge < -0.3 is 30.4 Å². The van der Waals surface area contributed by atoms with Gasteiger partial charge in [0.05, 0.1) is 16.5 Å². The lowest BCUT2D eigenvalue weighted by atomic mass is 10.2. The molecule has 3 aromatic rings. The van der Waals surface area contributed by atoms with Crippen LogP contribution in [0.15, 0.2) is 28.5 Å². The highest BCUT2D eigenvalue weighted by Gasteiger charge is 2.28. The van der Waals surface area contributed by atoms with Crippen molar-refractivity contribution in [3.8, 4) is 23.3 Å². The summed E-state index contributed by atoms with van der Waals surface area (Å²) < 4.78 is 97.8. The predicted octanol–water partition coefficient (Wildman–Crippen LogP) is 0.300.